The fourth-order valence-electron chi connectivity index (χ4n) is 1.59. The smallest absolute Gasteiger partial charge is 0.238 e. The molecule has 1 amide bonds. The van der Waals surface area contributed by atoms with Gasteiger partial charge in [-0.1, -0.05) is 6.07 Å². The number of hydrogen-bond acceptors (Lipinski definition) is 4. The summed E-state index contributed by atoms with van der Waals surface area (Å²) in [5, 5.41) is 5.86. The van der Waals surface area contributed by atoms with Gasteiger partial charge in [-0.3, -0.25) is 10.1 Å². The Morgan fingerprint density at radius 3 is 3.22 bits per heavy atom. The van der Waals surface area contributed by atoms with Crippen molar-refractivity contribution >= 4 is 17.7 Å². The van der Waals surface area contributed by atoms with Gasteiger partial charge in [0.1, 0.15) is 18.2 Å². The molecule has 1 aromatic rings. The third-order valence-corrected chi connectivity index (χ3v) is 3.44. The second kappa shape index (κ2) is 6.61. The van der Waals surface area contributed by atoms with Gasteiger partial charge in [-0.25, -0.2) is 4.39 Å². The molecule has 18 heavy (non-hydrogen) atoms. The lowest BCUT2D eigenvalue weighted by Crippen LogP contribution is -2.43. The van der Waals surface area contributed by atoms with Crippen LogP contribution in [-0.2, 0) is 4.79 Å². The monoisotopic (exact) mass is 270 g/mol. The molecule has 0 aromatic heterocycles. The second-order valence-corrected chi connectivity index (χ2v) is 4.90. The lowest BCUT2D eigenvalue weighted by molar-refractivity contribution is -0.122. The molecule has 1 atom stereocenters. The molecule has 98 valence electrons. The van der Waals surface area contributed by atoms with E-state index in [1.165, 1.54) is 12.1 Å². The molecular formula is C12H15FN2O2S. The van der Waals surface area contributed by atoms with Gasteiger partial charge in [0, 0.05) is 17.7 Å². The first-order valence-electron chi connectivity index (χ1n) is 5.73. The standard InChI is InChI=1S/C12H15FN2O2S/c13-9-2-1-3-10(6-9)17-5-4-14-12(16)11-7-18-8-15-11/h1-3,6,11,15H,4-5,7-8H2,(H,14,16). The van der Waals surface area contributed by atoms with Crippen LogP contribution in [0.4, 0.5) is 4.39 Å². The van der Waals surface area contributed by atoms with E-state index in [0.29, 0.717) is 18.9 Å². The van der Waals surface area contributed by atoms with E-state index in [0.717, 1.165) is 11.6 Å². The average molecular weight is 270 g/mol. The molecule has 0 spiro atoms. The molecule has 1 unspecified atom stereocenters. The van der Waals surface area contributed by atoms with Gasteiger partial charge in [0.2, 0.25) is 5.91 Å². The van der Waals surface area contributed by atoms with Crippen LogP contribution < -0.4 is 15.4 Å². The Labute approximate surface area is 109 Å². The largest absolute Gasteiger partial charge is 0.492 e. The number of hydrogen-bond donors (Lipinski definition) is 2. The molecule has 1 saturated heterocycles. The van der Waals surface area contributed by atoms with Crippen molar-refractivity contribution < 1.29 is 13.9 Å². The first-order chi connectivity index (χ1) is 8.75. The normalized spacial score (nSPS) is 18.6. The van der Waals surface area contributed by atoms with Crippen molar-refractivity contribution in [3.8, 4) is 5.75 Å². The van der Waals surface area contributed by atoms with E-state index in [1.807, 2.05) is 0 Å². The number of nitrogens with one attached hydrogen (secondary N) is 2. The SMILES string of the molecule is O=C(NCCOc1cccc(F)c1)C1CSCN1. The first-order valence-corrected chi connectivity index (χ1v) is 6.88. The molecule has 6 heteroatoms. The van der Waals surface area contributed by atoms with Crippen LogP contribution in [0.1, 0.15) is 0 Å². The van der Waals surface area contributed by atoms with Crippen LogP contribution in [0, 0.1) is 5.82 Å². The Kier molecular flexibility index (Phi) is 4.83. The fourth-order valence-corrected chi connectivity index (χ4v) is 2.53. The number of thioether (sulfide) groups is 1. The highest BCUT2D eigenvalue weighted by Gasteiger charge is 2.21. The number of halogens is 1. The third kappa shape index (κ3) is 3.89. The van der Waals surface area contributed by atoms with Crippen molar-refractivity contribution in [2.75, 3.05) is 24.8 Å². The summed E-state index contributed by atoms with van der Waals surface area (Å²) >= 11 is 1.70. The van der Waals surface area contributed by atoms with Crippen LogP contribution in [0.5, 0.6) is 5.75 Å². The van der Waals surface area contributed by atoms with Gasteiger partial charge in [0.15, 0.2) is 0 Å². The number of benzene rings is 1. The molecule has 1 aliphatic rings. The number of rotatable bonds is 5. The average Bonchev–Trinajstić information content (AvgIpc) is 2.88. The van der Waals surface area contributed by atoms with Gasteiger partial charge in [-0.2, -0.15) is 0 Å². The summed E-state index contributed by atoms with van der Waals surface area (Å²) in [5.74, 6) is 1.75. The zero-order valence-electron chi connectivity index (χ0n) is 9.82. The molecule has 2 rings (SSSR count). The molecule has 1 aliphatic heterocycles. The van der Waals surface area contributed by atoms with Crippen LogP contribution in [0.3, 0.4) is 0 Å². The van der Waals surface area contributed by atoms with Crippen LogP contribution >= 0.6 is 11.8 Å². The van der Waals surface area contributed by atoms with E-state index in [-0.39, 0.29) is 17.8 Å². The highest BCUT2D eigenvalue weighted by atomic mass is 32.2. The maximum Gasteiger partial charge on any atom is 0.238 e. The molecule has 0 aliphatic carbocycles. The minimum Gasteiger partial charge on any atom is -0.492 e. The topological polar surface area (TPSA) is 50.4 Å². The third-order valence-electron chi connectivity index (χ3n) is 2.50. The van der Waals surface area contributed by atoms with Crippen LogP contribution in [-0.4, -0.2) is 36.7 Å². The summed E-state index contributed by atoms with van der Waals surface area (Å²) in [4.78, 5) is 11.6. The van der Waals surface area contributed by atoms with Gasteiger partial charge in [-0.05, 0) is 12.1 Å². The molecule has 2 N–H and O–H groups in total. The predicted octanol–water partition coefficient (Wildman–Crippen LogP) is 0.983. The molecule has 0 saturated carbocycles. The minimum absolute atomic E-state index is 0.0113. The van der Waals surface area contributed by atoms with Gasteiger partial charge < -0.3 is 10.1 Å². The van der Waals surface area contributed by atoms with Crippen molar-refractivity contribution in [3.63, 3.8) is 0 Å². The molecular weight excluding hydrogens is 255 g/mol. The van der Waals surface area contributed by atoms with E-state index >= 15 is 0 Å². The zero-order chi connectivity index (χ0) is 12.8. The van der Waals surface area contributed by atoms with Crippen LogP contribution in [0.2, 0.25) is 0 Å². The molecule has 4 nitrogen and oxygen atoms in total. The molecule has 1 aromatic carbocycles. The summed E-state index contributed by atoms with van der Waals surface area (Å²) in [6.45, 7) is 0.743. The number of carbonyl (C=O) groups excluding carboxylic acids is 1. The van der Waals surface area contributed by atoms with Crippen molar-refractivity contribution in [2.24, 2.45) is 0 Å². The van der Waals surface area contributed by atoms with Crippen molar-refractivity contribution in [1.82, 2.24) is 10.6 Å². The van der Waals surface area contributed by atoms with Crippen molar-refractivity contribution in [2.45, 2.75) is 6.04 Å². The Morgan fingerprint density at radius 1 is 1.61 bits per heavy atom. The summed E-state index contributed by atoms with van der Waals surface area (Å²) in [5.41, 5.74) is 0. The quantitative estimate of drug-likeness (QED) is 0.783. The van der Waals surface area contributed by atoms with E-state index in [1.54, 1.807) is 23.9 Å². The summed E-state index contributed by atoms with van der Waals surface area (Å²) in [6.07, 6.45) is 0. The summed E-state index contributed by atoms with van der Waals surface area (Å²) in [6, 6.07) is 5.84. The number of amides is 1. The fraction of sp³-hybridized carbons (Fsp3) is 0.417. The number of ether oxygens (including phenoxy) is 1. The lowest BCUT2D eigenvalue weighted by atomic mass is 10.3. The Morgan fingerprint density at radius 2 is 2.50 bits per heavy atom. The van der Waals surface area contributed by atoms with Gasteiger partial charge in [0.05, 0.1) is 12.6 Å². The minimum atomic E-state index is -0.330. The molecule has 1 heterocycles. The van der Waals surface area contributed by atoms with Crippen LogP contribution in [0.15, 0.2) is 24.3 Å². The van der Waals surface area contributed by atoms with Crippen molar-refractivity contribution in [3.05, 3.63) is 30.1 Å². The molecule has 0 bridgehead atoms. The Bertz CT molecular complexity index is 411. The summed E-state index contributed by atoms with van der Waals surface area (Å²) < 4.78 is 18.2. The van der Waals surface area contributed by atoms with Gasteiger partial charge in [0.25, 0.3) is 0 Å². The van der Waals surface area contributed by atoms with Crippen molar-refractivity contribution in [1.29, 1.82) is 0 Å². The maximum absolute atomic E-state index is 12.8. The highest BCUT2D eigenvalue weighted by molar-refractivity contribution is 7.99. The van der Waals surface area contributed by atoms with E-state index in [9.17, 15) is 9.18 Å². The van der Waals surface area contributed by atoms with E-state index in [4.69, 9.17) is 4.74 Å². The van der Waals surface area contributed by atoms with Gasteiger partial charge in [-0.15, -0.1) is 11.8 Å². The summed E-state index contributed by atoms with van der Waals surface area (Å²) in [7, 11) is 0. The second-order valence-electron chi connectivity index (χ2n) is 3.87. The first kappa shape index (κ1) is 13.2. The zero-order valence-corrected chi connectivity index (χ0v) is 10.6. The number of carbonyl (C=O) groups is 1. The highest BCUT2D eigenvalue weighted by Crippen LogP contribution is 2.11. The maximum atomic E-state index is 12.8. The van der Waals surface area contributed by atoms with Crippen LogP contribution in [0.25, 0.3) is 0 Å². The Hall–Kier alpha value is -1.27. The Balaban J connectivity index is 1.65. The van der Waals surface area contributed by atoms with E-state index < -0.39 is 0 Å². The van der Waals surface area contributed by atoms with E-state index in [2.05, 4.69) is 10.6 Å². The van der Waals surface area contributed by atoms with Gasteiger partial charge >= 0.3 is 0 Å². The molecule has 0 radical (unpaired) electrons. The lowest BCUT2D eigenvalue weighted by Gasteiger charge is -2.11. The predicted molar refractivity (Wildman–Crippen MR) is 69.2 cm³/mol. The molecule has 1 fully saturated rings.